The fourth-order valence-electron chi connectivity index (χ4n) is 2.61. The molecule has 3 rings (SSSR count). The van der Waals surface area contributed by atoms with Crippen molar-refractivity contribution in [3.05, 3.63) is 66.4 Å². The Morgan fingerprint density at radius 2 is 1.96 bits per heavy atom. The van der Waals surface area contributed by atoms with Crippen LogP contribution in [-0.4, -0.2) is 22.5 Å². The Balaban J connectivity index is 1.76. The van der Waals surface area contributed by atoms with Crippen molar-refractivity contribution in [1.29, 1.82) is 0 Å². The van der Waals surface area contributed by atoms with Crippen molar-refractivity contribution >= 4 is 34.3 Å². The van der Waals surface area contributed by atoms with E-state index in [0.29, 0.717) is 6.42 Å². The molecule has 0 aliphatic rings. The molecule has 0 aliphatic carbocycles. The predicted octanol–water partition coefficient (Wildman–Crippen LogP) is 4.38. The van der Waals surface area contributed by atoms with Gasteiger partial charge in [-0.2, -0.15) is 11.8 Å². The van der Waals surface area contributed by atoms with Gasteiger partial charge in [-0.3, -0.25) is 4.79 Å². The van der Waals surface area contributed by atoms with Crippen LogP contribution in [0.1, 0.15) is 12.0 Å². The number of fused-ring (bicyclic) bond motifs is 1. The third-order valence-corrected chi connectivity index (χ3v) is 4.40. The van der Waals surface area contributed by atoms with E-state index in [9.17, 15) is 4.79 Å². The van der Waals surface area contributed by atoms with Gasteiger partial charge in [-0.15, -0.1) is 0 Å². The second-order valence-corrected chi connectivity index (χ2v) is 6.48. The van der Waals surface area contributed by atoms with Crippen LogP contribution in [-0.2, 0) is 11.3 Å². The molecule has 1 aromatic heterocycles. The number of aromatic nitrogens is 1. The second kappa shape index (κ2) is 7.38. The average Bonchev–Trinajstić information content (AvgIpc) is 2.96. The Hall–Kier alpha value is -2.20. The van der Waals surface area contributed by atoms with Gasteiger partial charge in [0.15, 0.2) is 0 Å². The zero-order valence-electron chi connectivity index (χ0n) is 13.2. The smallest absolute Gasteiger partial charge is 0.225 e. The molecule has 0 atom stereocenters. The van der Waals surface area contributed by atoms with Gasteiger partial charge in [0.2, 0.25) is 5.91 Å². The molecular formula is C19H20N2OS. The molecule has 0 saturated heterocycles. The molecule has 1 N–H and O–H groups in total. The maximum atomic E-state index is 11.8. The molecule has 23 heavy (non-hydrogen) atoms. The lowest BCUT2D eigenvalue weighted by atomic mass is 10.2. The largest absolute Gasteiger partial charge is 0.343 e. The number of carbonyl (C=O) groups is 1. The highest BCUT2D eigenvalue weighted by Crippen LogP contribution is 2.21. The molecule has 1 heterocycles. The third kappa shape index (κ3) is 3.96. The van der Waals surface area contributed by atoms with E-state index in [1.54, 1.807) is 11.8 Å². The normalized spacial score (nSPS) is 10.8. The number of carbonyl (C=O) groups excluding carboxylic acids is 1. The van der Waals surface area contributed by atoms with Crippen LogP contribution < -0.4 is 5.32 Å². The van der Waals surface area contributed by atoms with E-state index in [-0.39, 0.29) is 5.91 Å². The van der Waals surface area contributed by atoms with E-state index in [2.05, 4.69) is 52.5 Å². The highest BCUT2D eigenvalue weighted by Gasteiger charge is 2.05. The molecule has 0 unspecified atom stereocenters. The van der Waals surface area contributed by atoms with Crippen molar-refractivity contribution in [2.75, 3.05) is 17.3 Å². The quantitative estimate of drug-likeness (QED) is 0.730. The topological polar surface area (TPSA) is 34.0 Å². The maximum Gasteiger partial charge on any atom is 0.225 e. The molecule has 3 aromatic rings. The van der Waals surface area contributed by atoms with Crippen LogP contribution in [0.2, 0.25) is 0 Å². The molecule has 0 spiro atoms. The Morgan fingerprint density at radius 1 is 1.13 bits per heavy atom. The molecule has 0 fully saturated rings. The lowest BCUT2D eigenvalue weighted by Gasteiger charge is -2.08. The highest BCUT2D eigenvalue weighted by molar-refractivity contribution is 7.98. The number of nitrogens with zero attached hydrogens (tertiary/aromatic N) is 1. The molecule has 3 nitrogen and oxygen atoms in total. The minimum Gasteiger partial charge on any atom is -0.343 e. The first kappa shape index (κ1) is 15.7. The summed E-state index contributed by atoms with van der Waals surface area (Å²) < 4.78 is 2.23. The molecule has 0 aliphatic heterocycles. The molecule has 4 heteroatoms. The molecule has 1 amide bonds. The number of rotatable bonds is 6. The van der Waals surface area contributed by atoms with Gasteiger partial charge >= 0.3 is 0 Å². The SMILES string of the molecule is CSCCC(=O)Nc1ccc2c(ccn2Cc2ccccc2)c1. The fourth-order valence-corrected chi connectivity index (χ4v) is 3.00. The van der Waals surface area contributed by atoms with Crippen molar-refractivity contribution in [3.63, 3.8) is 0 Å². The zero-order chi connectivity index (χ0) is 16.1. The summed E-state index contributed by atoms with van der Waals surface area (Å²) in [6.45, 7) is 0.851. The summed E-state index contributed by atoms with van der Waals surface area (Å²) in [6.07, 6.45) is 4.65. The number of hydrogen-bond donors (Lipinski definition) is 1. The molecule has 0 radical (unpaired) electrons. The first-order chi connectivity index (χ1) is 11.3. The van der Waals surface area contributed by atoms with Crippen LogP contribution >= 0.6 is 11.8 Å². The summed E-state index contributed by atoms with van der Waals surface area (Å²) in [5.74, 6) is 0.920. The van der Waals surface area contributed by atoms with Gasteiger partial charge in [-0.05, 0) is 36.1 Å². The molecular weight excluding hydrogens is 304 g/mol. The van der Waals surface area contributed by atoms with Crippen molar-refractivity contribution in [1.82, 2.24) is 4.57 Å². The lowest BCUT2D eigenvalue weighted by molar-refractivity contribution is -0.115. The molecule has 118 valence electrons. The molecule has 0 bridgehead atoms. The van der Waals surface area contributed by atoms with E-state index in [1.807, 2.05) is 24.5 Å². The maximum absolute atomic E-state index is 11.8. The van der Waals surface area contributed by atoms with E-state index < -0.39 is 0 Å². The van der Waals surface area contributed by atoms with Crippen LogP contribution in [0, 0.1) is 0 Å². The summed E-state index contributed by atoms with van der Waals surface area (Å²) in [5, 5.41) is 4.11. The number of anilines is 1. The summed E-state index contributed by atoms with van der Waals surface area (Å²) in [6, 6.07) is 18.6. The van der Waals surface area contributed by atoms with Gasteiger partial charge in [0.1, 0.15) is 0 Å². The van der Waals surface area contributed by atoms with Crippen LogP contribution in [0.4, 0.5) is 5.69 Å². The number of amides is 1. The first-order valence-electron chi connectivity index (χ1n) is 7.68. The lowest BCUT2D eigenvalue weighted by Crippen LogP contribution is -2.11. The fraction of sp³-hybridized carbons (Fsp3) is 0.211. The van der Waals surface area contributed by atoms with E-state index in [1.165, 1.54) is 11.1 Å². The Kier molecular flexibility index (Phi) is 5.03. The van der Waals surface area contributed by atoms with Crippen LogP contribution in [0.5, 0.6) is 0 Å². The van der Waals surface area contributed by atoms with E-state index in [4.69, 9.17) is 0 Å². The number of benzene rings is 2. The first-order valence-corrected chi connectivity index (χ1v) is 9.07. The Bertz CT molecular complexity index is 795. The number of thioether (sulfide) groups is 1. The summed E-state index contributed by atoms with van der Waals surface area (Å²) in [7, 11) is 0. The standard InChI is InChI=1S/C19H20N2OS/c1-23-12-10-19(22)20-17-7-8-18-16(13-17)9-11-21(18)14-15-5-3-2-4-6-15/h2-9,11,13H,10,12,14H2,1H3,(H,20,22). The monoisotopic (exact) mass is 324 g/mol. The average molecular weight is 324 g/mol. The van der Waals surface area contributed by atoms with Crippen LogP contribution in [0.3, 0.4) is 0 Å². The summed E-state index contributed by atoms with van der Waals surface area (Å²) in [4.78, 5) is 11.8. The van der Waals surface area contributed by atoms with Crippen molar-refractivity contribution < 1.29 is 4.79 Å². The van der Waals surface area contributed by atoms with E-state index >= 15 is 0 Å². The van der Waals surface area contributed by atoms with Crippen LogP contribution in [0.15, 0.2) is 60.8 Å². The van der Waals surface area contributed by atoms with Gasteiger partial charge in [0.05, 0.1) is 0 Å². The summed E-state index contributed by atoms with van der Waals surface area (Å²) >= 11 is 1.68. The number of hydrogen-bond acceptors (Lipinski definition) is 2. The second-order valence-electron chi connectivity index (χ2n) is 5.49. The summed E-state index contributed by atoms with van der Waals surface area (Å²) in [5.41, 5.74) is 3.32. The van der Waals surface area contributed by atoms with Crippen LogP contribution in [0.25, 0.3) is 10.9 Å². The zero-order valence-corrected chi connectivity index (χ0v) is 14.0. The van der Waals surface area contributed by atoms with Crippen molar-refractivity contribution in [3.8, 4) is 0 Å². The van der Waals surface area contributed by atoms with Crippen molar-refractivity contribution in [2.45, 2.75) is 13.0 Å². The van der Waals surface area contributed by atoms with Gasteiger partial charge < -0.3 is 9.88 Å². The predicted molar refractivity (Wildman–Crippen MR) is 99.1 cm³/mol. The molecule has 0 saturated carbocycles. The molecule has 2 aromatic carbocycles. The van der Waals surface area contributed by atoms with Gasteiger partial charge in [0.25, 0.3) is 0 Å². The van der Waals surface area contributed by atoms with Gasteiger partial charge in [-0.1, -0.05) is 30.3 Å². The Morgan fingerprint density at radius 3 is 2.74 bits per heavy atom. The minimum absolute atomic E-state index is 0.0717. The minimum atomic E-state index is 0.0717. The van der Waals surface area contributed by atoms with E-state index in [0.717, 1.165) is 23.4 Å². The third-order valence-electron chi connectivity index (χ3n) is 3.78. The van der Waals surface area contributed by atoms with Gasteiger partial charge in [-0.25, -0.2) is 0 Å². The van der Waals surface area contributed by atoms with Crippen molar-refractivity contribution in [2.24, 2.45) is 0 Å². The Labute approximate surface area is 140 Å². The highest BCUT2D eigenvalue weighted by atomic mass is 32.2. The van der Waals surface area contributed by atoms with Gasteiger partial charge in [0, 0.05) is 41.5 Å². The number of nitrogens with one attached hydrogen (secondary N) is 1.